The van der Waals surface area contributed by atoms with E-state index in [2.05, 4.69) is 15.4 Å². The molecule has 0 saturated carbocycles. The molecule has 1 aromatic carbocycles. The van der Waals surface area contributed by atoms with Crippen LogP contribution in [0.25, 0.3) is 0 Å². The van der Waals surface area contributed by atoms with E-state index in [1.54, 1.807) is 6.92 Å². The minimum atomic E-state index is -0.477. The van der Waals surface area contributed by atoms with Crippen LogP contribution in [-0.4, -0.2) is 15.9 Å². The lowest BCUT2D eigenvalue weighted by Gasteiger charge is -2.12. The summed E-state index contributed by atoms with van der Waals surface area (Å²) in [5, 5.41) is 0. The first-order chi connectivity index (χ1) is 10.0. The Morgan fingerprint density at radius 1 is 1.33 bits per heavy atom. The Bertz CT molecular complexity index is 672. The van der Waals surface area contributed by atoms with Crippen LogP contribution in [0, 0.1) is 13.8 Å². The van der Waals surface area contributed by atoms with Gasteiger partial charge in [-0.15, -0.1) is 0 Å². The standard InChI is InChI=1S/C14H17N5O2/c1-8-4-3-5-10(6-8)21-7-11-12(13(20)19-16)9(2)17-14(15)18-11/h3-6H,7,16H2,1-2H3,(H,19,20)(H2,15,17,18). The van der Waals surface area contributed by atoms with E-state index >= 15 is 0 Å². The van der Waals surface area contributed by atoms with Crippen LogP contribution < -0.4 is 21.7 Å². The summed E-state index contributed by atoms with van der Waals surface area (Å²) in [6.45, 7) is 3.73. The number of carbonyl (C=O) groups is 1. The van der Waals surface area contributed by atoms with Crippen molar-refractivity contribution in [1.29, 1.82) is 0 Å². The van der Waals surface area contributed by atoms with Crippen LogP contribution in [0.4, 0.5) is 5.95 Å². The first-order valence-electron chi connectivity index (χ1n) is 6.34. The molecule has 0 aliphatic rings. The Labute approximate surface area is 122 Å². The third kappa shape index (κ3) is 3.46. The molecular weight excluding hydrogens is 270 g/mol. The van der Waals surface area contributed by atoms with Crippen molar-refractivity contribution in [3.63, 3.8) is 0 Å². The van der Waals surface area contributed by atoms with Gasteiger partial charge in [0.05, 0.1) is 17.0 Å². The number of hydrogen-bond acceptors (Lipinski definition) is 6. The van der Waals surface area contributed by atoms with Gasteiger partial charge < -0.3 is 10.5 Å². The van der Waals surface area contributed by atoms with Gasteiger partial charge in [0.25, 0.3) is 5.91 Å². The van der Waals surface area contributed by atoms with Crippen molar-refractivity contribution in [2.24, 2.45) is 5.84 Å². The molecule has 0 unspecified atom stereocenters. The number of benzene rings is 1. The third-order valence-corrected chi connectivity index (χ3v) is 2.91. The minimum Gasteiger partial charge on any atom is -0.487 e. The van der Waals surface area contributed by atoms with Crippen molar-refractivity contribution < 1.29 is 9.53 Å². The maximum Gasteiger partial charge on any atom is 0.269 e. The third-order valence-electron chi connectivity index (χ3n) is 2.91. The van der Waals surface area contributed by atoms with Crippen molar-refractivity contribution in [1.82, 2.24) is 15.4 Å². The number of aromatic nitrogens is 2. The van der Waals surface area contributed by atoms with E-state index in [1.807, 2.05) is 31.2 Å². The maximum atomic E-state index is 11.8. The highest BCUT2D eigenvalue weighted by molar-refractivity contribution is 5.95. The highest BCUT2D eigenvalue weighted by Gasteiger charge is 2.17. The zero-order valence-electron chi connectivity index (χ0n) is 11.9. The number of hydrogen-bond donors (Lipinski definition) is 3. The zero-order chi connectivity index (χ0) is 15.4. The Balaban J connectivity index is 2.28. The summed E-state index contributed by atoms with van der Waals surface area (Å²) in [6, 6.07) is 7.57. The molecule has 0 saturated heterocycles. The largest absolute Gasteiger partial charge is 0.487 e. The molecule has 2 rings (SSSR count). The van der Waals surface area contributed by atoms with E-state index in [0.717, 1.165) is 5.56 Å². The summed E-state index contributed by atoms with van der Waals surface area (Å²) >= 11 is 0. The van der Waals surface area contributed by atoms with Gasteiger partial charge in [-0.25, -0.2) is 15.8 Å². The number of nitrogens with two attached hydrogens (primary N) is 2. The molecule has 0 spiro atoms. The molecule has 0 aliphatic carbocycles. The lowest BCUT2D eigenvalue weighted by molar-refractivity contribution is 0.0949. The fraction of sp³-hybridized carbons (Fsp3) is 0.214. The van der Waals surface area contributed by atoms with Crippen molar-refractivity contribution in [3.05, 3.63) is 46.8 Å². The highest BCUT2D eigenvalue weighted by Crippen LogP contribution is 2.17. The number of carbonyl (C=O) groups excluding carboxylic acids is 1. The first kappa shape index (κ1) is 14.7. The molecule has 0 aliphatic heterocycles. The van der Waals surface area contributed by atoms with Crippen LogP contribution in [0.1, 0.15) is 27.3 Å². The van der Waals surface area contributed by atoms with Crippen LogP contribution in [0.15, 0.2) is 24.3 Å². The van der Waals surface area contributed by atoms with Crippen LogP contribution in [0.5, 0.6) is 5.75 Å². The van der Waals surface area contributed by atoms with Gasteiger partial charge in [0.2, 0.25) is 5.95 Å². The monoisotopic (exact) mass is 287 g/mol. The second-order valence-electron chi connectivity index (χ2n) is 4.57. The van der Waals surface area contributed by atoms with E-state index in [0.29, 0.717) is 17.1 Å². The number of amides is 1. The molecule has 1 amide bonds. The van der Waals surface area contributed by atoms with Gasteiger partial charge in [-0.2, -0.15) is 0 Å². The molecule has 0 bridgehead atoms. The van der Waals surface area contributed by atoms with Gasteiger partial charge in [0.15, 0.2) is 0 Å². The molecule has 1 heterocycles. The van der Waals surface area contributed by atoms with Gasteiger partial charge in [-0.3, -0.25) is 10.2 Å². The number of hydrazine groups is 1. The normalized spacial score (nSPS) is 10.2. The smallest absolute Gasteiger partial charge is 0.269 e. The molecule has 0 atom stereocenters. The number of rotatable bonds is 4. The molecule has 110 valence electrons. The van der Waals surface area contributed by atoms with Gasteiger partial charge in [-0.1, -0.05) is 12.1 Å². The molecule has 7 nitrogen and oxygen atoms in total. The van der Waals surface area contributed by atoms with Crippen LogP contribution in [0.3, 0.4) is 0 Å². The van der Waals surface area contributed by atoms with Crippen molar-refractivity contribution in [2.75, 3.05) is 5.73 Å². The Morgan fingerprint density at radius 2 is 2.10 bits per heavy atom. The number of nitrogens with one attached hydrogen (secondary N) is 1. The topological polar surface area (TPSA) is 116 Å². The van der Waals surface area contributed by atoms with E-state index in [4.69, 9.17) is 16.3 Å². The van der Waals surface area contributed by atoms with Gasteiger partial charge in [0, 0.05) is 0 Å². The number of nitrogens with zero attached hydrogens (tertiary/aromatic N) is 2. The maximum absolute atomic E-state index is 11.8. The number of nitrogen functional groups attached to an aromatic ring is 2. The molecule has 2 aromatic rings. The fourth-order valence-corrected chi connectivity index (χ4v) is 1.98. The zero-order valence-corrected chi connectivity index (χ0v) is 11.9. The van der Waals surface area contributed by atoms with Gasteiger partial charge >= 0.3 is 0 Å². The first-order valence-corrected chi connectivity index (χ1v) is 6.34. The Morgan fingerprint density at radius 3 is 2.76 bits per heavy atom. The van der Waals surface area contributed by atoms with Crippen LogP contribution >= 0.6 is 0 Å². The SMILES string of the molecule is Cc1cccc(OCc2nc(N)nc(C)c2C(=O)NN)c1. The Kier molecular flexibility index (Phi) is 4.34. The molecule has 21 heavy (non-hydrogen) atoms. The van der Waals surface area contributed by atoms with Crippen molar-refractivity contribution >= 4 is 11.9 Å². The minimum absolute atomic E-state index is 0.0870. The van der Waals surface area contributed by atoms with Crippen molar-refractivity contribution in [2.45, 2.75) is 20.5 Å². The number of aryl methyl sites for hydroxylation is 2. The predicted octanol–water partition coefficient (Wildman–Crippen LogP) is 0.858. The average molecular weight is 287 g/mol. The molecule has 5 N–H and O–H groups in total. The second kappa shape index (κ2) is 6.19. The van der Waals surface area contributed by atoms with Crippen LogP contribution in [-0.2, 0) is 6.61 Å². The fourth-order valence-electron chi connectivity index (χ4n) is 1.98. The van der Waals surface area contributed by atoms with Gasteiger partial charge in [-0.05, 0) is 31.5 Å². The molecule has 0 fully saturated rings. The number of ether oxygens (including phenoxy) is 1. The molecule has 1 aromatic heterocycles. The summed E-state index contributed by atoms with van der Waals surface area (Å²) in [5.74, 6) is 5.47. The lowest BCUT2D eigenvalue weighted by atomic mass is 10.1. The Hall–Kier alpha value is -2.67. The molecule has 7 heteroatoms. The predicted molar refractivity (Wildman–Crippen MR) is 78.3 cm³/mol. The van der Waals surface area contributed by atoms with Gasteiger partial charge in [0.1, 0.15) is 12.4 Å². The lowest BCUT2D eigenvalue weighted by Crippen LogP contribution is -2.32. The second-order valence-corrected chi connectivity index (χ2v) is 4.57. The number of anilines is 1. The van der Waals surface area contributed by atoms with Crippen molar-refractivity contribution in [3.8, 4) is 5.75 Å². The van der Waals surface area contributed by atoms with Crippen LogP contribution in [0.2, 0.25) is 0 Å². The highest BCUT2D eigenvalue weighted by atomic mass is 16.5. The summed E-state index contributed by atoms with van der Waals surface area (Å²) in [4.78, 5) is 19.9. The quantitative estimate of drug-likeness (QED) is 0.436. The van der Waals surface area contributed by atoms with E-state index in [-0.39, 0.29) is 18.1 Å². The summed E-state index contributed by atoms with van der Waals surface area (Å²) in [6.07, 6.45) is 0. The molecule has 0 radical (unpaired) electrons. The van der Waals surface area contributed by atoms with E-state index < -0.39 is 5.91 Å². The summed E-state index contributed by atoms with van der Waals surface area (Å²) in [7, 11) is 0. The molecular formula is C14H17N5O2. The summed E-state index contributed by atoms with van der Waals surface area (Å²) < 4.78 is 5.65. The summed E-state index contributed by atoms with van der Waals surface area (Å²) in [5.41, 5.74) is 9.89. The van der Waals surface area contributed by atoms with E-state index in [1.165, 1.54) is 0 Å². The van der Waals surface area contributed by atoms with E-state index in [9.17, 15) is 4.79 Å². The average Bonchev–Trinajstić information content (AvgIpc) is 2.44.